The number of nitrogens with two attached hydrogens (primary N) is 1. The number of nitrogens with zero attached hydrogens (tertiary/aromatic N) is 1. The fourth-order valence-electron chi connectivity index (χ4n) is 1.98. The van der Waals surface area contributed by atoms with Gasteiger partial charge in [-0.25, -0.2) is 4.39 Å². The molecule has 3 nitrogen and oxygen atoms in total. The predicted octanol–water partition coefficient (Wildman–Crippen LogP) is 3.51. The van der Waals surface area contributed by atoms with Gasteiger partial charge in [0.1, 0.15) is 11.7 Å². The van der Waals surface area contributed by atoms with Crippen LogP contribution in [0.25, 0.3) is 0 Å². The molecular weight excluding hydrogens is 321 g/mol. The maximum absolute atomic E-state index is 14.0. The van der Waals surface area contributed by atoms with E-state index in [0.29, 0.717) is 17.8 Å². The van der Waals surface area contributed by atoms with Crippen LogP contribution in [0, 0.1) is 11.2 Å². The number of nitrogens with one attached hydrogen (secondary N) is 1. The summed E-state index contributed by atoms with van der Waals surface area (Å²) in [6, 6.07) is 12.5. The molecule has 2 aromatic carbocycles. The van der Waals surface area contributed by atoms with Crippen molar-refractivity contribution >= 4 is 27.5 Å². The van der Waals surface area contributed by atoms with Crippen molar-refractivity contribution in [1.29, 1.82) is 5.41 Å². The molecule has 0 heterocycles. The summed E-state index contributed by atoms with van der Waals surface area (Å²) in [4.78, 5) is 1.82. The van der Waals surface area contributed by atoms with Gasteiger partial charge < -0.3 is 10.6 Å². The van der Waals surface area contributed by atoms with Crippen molar-refractivity contribution in [3.63, 3.8) is 0 Å². The van der Waals surface area contributed by atoms with Crippen LogP contribution in [-0.4, -0.2) is 12.9 Å². The summed E-state index contributed by atoms with van der Waals surface area (Å²) < 4.78 is 15.0. The van der Waals surface area contributed by atoms with Gasteiger partial charge in [0.05, 0.1) is 5.69 Å². The Hall–Kier alpha value is -1.88. The number of halogens is 2. The Morgan fingerprint density at radius 3 is 2.65 bits per heavy atom. The second-order valence-electron chi connectivity index (χ2n) is 4.57. The summed E-state index contributed by atoms with van der Waals surface area (Å²) in [6.07, 6.45) is 0. The van der Waals surface area contributed by atoms with Crippen LogP contribution in [-0.2, 0) is 6.54 Å². The first-order chi connectivity index (χ1) is 9.47. The first-order valence-corrected chi connectivity index (χ1v) is 6.86. The van der Waals surface area contributed by atoms with Crippen molar-refractivity contribution in [2.45, 2.75) is 6.54 Å². The van der Waals surface area contributed by atoms with Gasteiger partial charge in [0, 0.05) is 23.6 Å². The molecule has 0 fully saturated rings. The largest absolute Gasteiger partial charge is 0.384 e. The summed E-state index contributed by atoms with van der Waals surface area (Å²) in [5.74, 6) is -0.514. The van der Waals surface area contributed by atoms with Gasteiger partial charge in [-0.1, -0.05) is 28.1 Å². The molecule has 2 aromatic rings. The first-order valence-electron chi connectivity index (χ1n) is 6.07. The average molecular weight is 336 g/mol. The third kappa shape index (κ3) is 3.36. The van der Waals surface area contributed by atoms with Crippen LogP contribution in [0.5, 0.6) is 0 Å². The van der Waals surface area contributed by atoms with E-state index >= 15 is 0 Å². The molecule has 0 spiro atoms. The molecule has 0 aliphatic rings. The lowest BCUT2D eigenvalue weighted by Gasteiger charge is -2.20. The van der Waals surface area contributed by atoms with Gasteiger partial charge in [-0.2, -0.15) is 0 Å². The molecule has 20 heavy (non-hydrogen) atoms. The molecule has 0 radical (unpaired) electrons. The standard InChI is InChI=1S/C15H15BrFN3/c1-20(9-10-3-2-4-12(16)7-10)14-6-5-11(15(18)19)8-13(14)17/h2-8H,9H2,1H3,(H3,18,19). The van der Waals surface area contributed by atoms with E-state index in [-0.39, 0.29) is 11.7 Å². The molecule has 3 N–H and O–H groups in total. The first kappa shape index (κ1) is 14.5. The van der Waals surface area contributed by atoms with E-state index in [9.17, 15) is 4.39 Å². The Labute approximate surface area is 125 Å². The lowest BCUT2D eigenvalue weighted by atomic mass is 10.1. The monoisotopic (exact) mass is 335 g/mol. The van der Waals surface area contributed by atoms with Crippen LogP contribution in [0.3, 0.4) is 0 Å². The second-order valence-corrected chi connectivity index (χ2v) is 5.48. The Kier molecular flexibility index (Phi) is 4.39. The van der Waals surface area contributed by atoms with Gasteiger partial charge in [-0.05, 0) is 35.9 Å². The molecule has 5 heteroatoms. The summed E-state index contributed by atoms with van der Waals surface area (Å²) in [5, 5.41) is 7.31. The Bertz CT molecular complexity index is 643. The van der Waals surface area contributed by atoms with E-state index in [1.165, 1.54) is 6.07 Å². The van der Waals surface area contributed by atoms with E-state index in [2.05, 4.69) is 15.9 Å². The fourth-order valence-corrected chi connectivity index (χ4v) is 2.43. The summed E-state index contributed by atoms with van der Waals surface area (Å²) in [7, 11) is 1.83. The van der Waals surface area contributed by atoms with Gasteiger partial charge in [0.2, 0.25) is 0 Å². The number of rotatable bonds is 4. The number of hydrogen-bond acceptors (Lipinski definition) is 2. The van der Waals surface area contributed by atoms with Crippen LogP contribution in [0.4, 0.5) is 10.1 Å². The molecule has 0 saturated heterocycles. The summed E-state index contributed by atoms with van der Waals surface area (Å²) in [5.41, 5.74) is 7.30. The molecule has 104 valence electrons. The molecule has 0 atom stereocenters. The predicted molar refractivity (Wildman–Crippen MR) is 83.7 cm³/mol. The molecule has 0 aliphatic heterocycles. The van der Waals surface area contributed by atoms with Crippen LogP contribution in [0.2, 0.25) is 0 Å². The highest BCUT2D eigenvalue weighted by atomic mass is 79.9. The Morgan fingerprint density at radius 2 is 2.05 bits per heavy atom. The highest BCUT2D eigenvalue weighted by Crippen LogP contribution is 2.22. The molecule has 0 aromatic heterocycles. The molecular formula is C15H15BrFN3. The van der Waals surface area contributed by atoms with E-state index in [1.54, 1.807) is 12.1 Å². The minimum Gasteiger partial charge on any atom is -0.384 e. The van der Waals surface area contributed by atoms with Gasteiger partial charge in [0.15, 0.2) is 0 Å². The van der Waals surface area contributed by atoms with Crippen molar-refractivity contribution in [3.05, 3.63) is 63.9 Å². The zero-order valence-corrected chi connectivity index (χ0v) is 12.6. The molecule has 0 bridgehead atoms. The van der Waals surface area contributed by atoms with E-state index in [1.807, 2.05) is 36.2 Å². The third-order valence-corrected chi connectivity index (χ3v) is 3.47. The fraction of sp³-hybridized carbons (Fsp3) is 0.133. The van der Waals surface area contributed by atoms with Gasteiger partial charge in [-0.15, -0.1) is 0 Å². The lowest BCUT2D eigenvalue weighted by molar-refractivity contribution is 0.622. The SMILES string of the molecule is CN(Cc1cccc(Br)c1)c1ccc(C(=N)N)cc1F. The van der Waals surface area contributed by atoms with Crippen LogP contribution in [0.1, 0.15) is 11.1 Å². The Morgan fingerprint density at radius 1 is 1.30 bits per heavy atom. The van der Waals surface area contributed by atoms with Gasteiger partial charge in [-0.3, -0.25) is 5.41 Å². The lowest BCUT2D eigenvalue weighted by Crippen LogP contribution is -2.18. The van der Waals surface area contributed by atoms with Crippen LogP contribution >= 0.6 is 15.9 Å². The van der Waals surface area contributed by atoms with Crippen LogP contribution < -0.4 is 10.6 Å². The highest BCUT2D eigenvalue weighted by molar-refractivity contribution is 9.10. The van der Waals surface area contributed by atoms with Crippen LogP contribution in [0.15, 0.2) is 46.9 Å². The van der Waals surface area contributed by atoms with Crippen molar-refractivity contribution in [1.82, 2.24) is 0 Å². The summed E-state index contributed by atoms with van der Waals surface area (Å²) in [6.45, 7) is 0.593. The minimum atomic E-state index is -0.379. The highest BCUT2D eigenvalue weighted by Gasteiger charge is 2.10. The molecule has 2 rings (SSSR count). The number of amidine groups is 1. The maximum Gasteiger partial charge on any atom is 0.147 e. The average Bonchev–Trinajstić information content (AvgIpc) is 2.38. The van der Waals surface area contributed by atoms with E-state index < -0.39 is 0 Å². The van der Waals surface area contributed by atoms with Gasteiger partial charge in [0.25, 0.3) is 0 Å². The quantitative estimate of drug-likeness (QED) is 0.663. The minimum absolute atomic E-state index is 0.134. The number of hydrogen-bond donors (Lipinski definition) is 2. The third-order valence-electron chi connectivity index (χ3n) is 2.98. The molecule has 0 unspecified atom stereocenters. The summed E-state index contributed by atoms with van der Waals surface area (Å²) >= 11 is 3.42. The second kappa shape index (κ2) is 6.05. The number of nitrogen functional groups attached to an aromatic ring is 1. The molecule has 0 amide bonds. The van der Waals surface area contributed by atoms with Gasteiger partial charge >= 0.3 is 0 Å². The zero-order chi connectivity index (χ0) is 14.7. The van der Waals surface area contributed by atoms with Crippen molar-refractivity contribution in [3.8, 4) is 0 Å². The number of anilines is 1. The maximum atomic E-state index is 14.0. The number of benzene rings is 2. The van der Waals surface area contributed by atoms with Crippen molar-refractivity contribution in [2.75, 3.05) is 11.9 Å². The molecule has 0 aliphatic carbocycles. The topological polar surface area (TPSA) is 53.1 Å². The van der Waals surface area contributed by atoms with Crippen molar-refractivity contribution < 1.29 is 4.39 Å². The van der Waals surface area contributed by atoms with E-state index in [4.69, 9.17) is 11.1 Å². The smallest absolute Gasteiger partial charge is 0.147 e. The Balaban J connectivity index is 2.21. The normalized spacial score (nSPS) is 10.3. The molecule has 0 saturated carbocycles. The van der Waals surface area contributed by atoms with Crippen molar-refractivity contribution in [2.24, 2.45) is 5.73 Å². The van der Waals surface area contributed by atoms with E-state index in [0.717, 1.165) is 10.0 Å². The zero-order valence-electron chi connectivity index (χ0n) is 11.0.